The van der Waals surface area contributed by atoms with Gasteiger partial charge < -0.3 is 0 Å². The predicted octanol–water partition coefficient (Wildman–Crippen LogP) is 11.2. The average molecular weight is 543 g/mol. The van der Waals surface area contributed by atoms with Gasteiger partial charge in [0.15, 0.2) is 0 Å². The summed E-state index contributed by atoms with van der Waals surface area (Å²) in [6.07, 6.45) is 0. The third-order valence-corrected chi connectivity index (χ3v) is 15.4. The zero-order valence-corrected chi connectivity index (χ0v) is 28.7. The van der Waals surface area contributed by atoms with E-state index in [0.29, 0.717) is 11.8 Å². The molecule has 1 fully saturated rings. The first kappa shape index (κ1) is 26.3. The van der Waals surface area contributed by atoms with Gasteiger partial charge in [-0.3, -0.25) is 0 Å². The Morgan fingerprint density at radius 3 is 1.37 bits per heavy atom. The van der Waals surface area contributed by atoms with Crippen LogP contribution in [0.15, 0.2) is 100 Å². The number of hydrogen-bond acceptors (Lipinski definition) is 0. The second-order valence-corrected chi connectivity index (χ2v) is 17.1. The number of hydrogen-bond donors (Lipinski definition) is 0. The highest BCUT2D eigenvalue weighted by atomic mass is 14.8. The Morgan fingerprint density at radius 2 is 0.805 bits per heavy atom. The van der Waals surface area contributed by atoms with E-state index in [-0.39, 0.29) is 27.1 Å². The Labute approximate surface area is 249 Å². The van der Waals surface area contributed by atoms with Crippen molar-refractivity contribution in [3.8, 4) is 0 Å². The van der Waals surface area contributed by atoms with E-state index < -0.39 is 0 Å². The largest absolute Gasteiger partial charge is 0.0553 e. The molecule has 1 saturated carbocycles. The van der Waals surface area contributed by atoms with Crippen LogP contribution in [0, 0.1) is 38.9 Å². The maximum atomic E-state index is 2.59. The Bertz CT molecular complexity index is 1820. The molecule has 0 saturated heterocycles. The summed E-state index contributed by atoms with van der Waals surface area (Å²) >= 11 is 0. The fourth-order valence-corrected chi connectivity index (χ4v) is 12.5. The van der Waals surface area contributed by atoms with Gasteiger partial charge >= 0.3 is 0 Å². The molecule has 0 aromatic heterocycles. The minimum absolute atomic E-state index is 0.0498. The van der Waals surface area contributed by atoms with Crippen molar-refractivity contribution in [1.82, 2.24) is 0 Å². The van der Waals surface area contributed by atoms with E-state index in [1.165, 1.54) is 11.1 Å². The summed E-state index contributed by atoms with van der Waals surface area (Å²) in [5, 5.41) is 0. The lowest BCUT2D eigenvalue weighted by Gasteiger charge is -2.60. The summed E-state index contributed by atoms with van der Waals surface area (Å²) in [5.74, 6) is 0.836. The highest BCUT2D eigenvalue weighted by Crippen LogP contribution is 2.85. The lowest BCUT2D eigenvalue weighted by atomic mass is 9.41. The topological polar surface area (TPSA) is 0 Å². The van der Waals surface area contributed by atoms with Crippen LogP contribution >= 0.6 is 0 Å². The van der Waals surface area contributed by atoms with Gasteiger partial charge in [-0.15, -0.1) is 0 Å². The van der Waals surface area contributed by atoms with Crippen molar-refractivity contribution in [3.63, 3.8) is 0 Å². The molecule has 0 radical (unpaired) electrons. The molecular formula is C41H50. The highest BCUT2D eigenvalue weighted by Gasteiger charge is 2.76. The molecular weight excluding hydrogens is 492 g/mol. The molecule has 3 atom stereocenters. The van der Waals surface area contributed by atoms with Crippen LogP contribution in [0.2, 0.25) is 0 Å². The highest BCUT2D eigenvalue weighted by molar-refractivity contribution is 5.89. The Balaban J connectivity index is 1.73. The summed E-state index contributed by atoms with van der Waals surface area (Å²) in [7, 11) is 0. The fourth-order valence-electron chi connectivity index (χ4n) is 12.5. The van der Waals surface area contributed by atoms with Crippen molar-refractivity contribution in [2.24, 2.45) is 38.9 Å². The summed E-state index contributed by atoms with van der Waals surface area (Å²) in [5.41, 5.74) is 29.6. The molecule has 0 heterocycles. The second-order valence-electron chi connectivity index (χ2n) is 17.1. The SMILES string of the molecule is CC1=C(C)C2=C3C1=C(C)C1=C(C)C(C)=C4C(C)=C5C6=C(C(C)=C7C(C(=C2C)C(C)(C)C7(C)C)C36C14)C(C)(C)C5(C)C. The van der Waals surface area contributed by atoms with Gasteiger partial charge in [0.25, 0.3) is 0 Å². The molecule has 8 aliphatic rings. The van der Waals surface area contributed by atoms with E-state index in [9.17, 15) is 0 Å². The Hall–Kier alpha value is -2.34. The lowest BCUT2D eigenvalue weighted by Crippen LogP contribution is -2.52. The molecule has 0 amide bonds. The zero-order chi connectivity index (χ0) is 30.0. The molecule has 0 bridgehead atoms. The van der Waals surface area contributed by atoms with Gasteiger partial charge in [-0.1, -0.05) is 66.5 Å². The molecule has 0 nitrogen and oxygen atoms in total. The molecule has 0 aromatic rings. The number of rotatable bonds is 0. The molecule has 8 rings (SSSR count). The van der Waals surface area contributed by atoms with Crippen molar-refractivity contribution in [1.29, 1.82) is 0 Å². The van der Waals surface area contributed by atoms with E-state index in [4.69, 9.17) is 0 Å². The smallest absolute Gasteiger partial charge is 0.0433 e. The first-order chi connectivity index (χ1) is 18.8. The molecule has 41 heavy (non-hydrogen) atoms. The minimum atomic E-state index is -0.0587. The molecule has 0 aliphatic heterocycles. The van der Waals surface area contributed by atoms with Crippen molar-refractivity contribution in [2.45, 2.75) is 111 Å². The minimum Gasteiger partial charge on any atom is -0.0553 e. The molecule has 1 spiro atoms. The van der Waals surface area contributed by atoms with E-state index in [1.807, 2.05) is 0 Å². The van der Waals surface area contributed by atoms with Crippen LogP contribution in [0.5, 0.6) is 0 Å². The first-order valence-corrected chi connectivity index (χ1v) is 16.2. The van der Waals surface area contributed by atoms with Crippen LogP contribution in [0.3, 0.4) is 0 Å². The third kappa shape index (κ3) is 2.08. The van der Waals surface area contributed by atoms with Crippen LogP contribution in [0.1, 0.15) is 111 Å². The van der Waals surface area contributed by atoms with Crippen molar-refractivity contribution >= 4 is 0 Å². The van der Waals surface area contributed by atoms with Crippen molar-refractivity contribution < 1.29 is 0 Å². The van der Waals surface area contributed by atoms with Crippen LogP contribution in [-0.4, -0.2) is 0 Å². The second kappa shape index (κ2) is 6.59. The van der Waals surface area contributed by atoms with E-state index >= 15 is 0 Å². The fraction of sp³-hybridized carbons (Fsp3) is 0.561. The molecule has 3 unspecified atom stereocenters. The first-order valence-electron chi connectivity index (χ1n) is 16.2. The van der Waals surface area contributed by atoms with Gasteiger partial charge in [-0.2, -0.15) is 0 Å². The van der Waals surface area contributed by atoms with Gasteiger partial charge in [-0.05, 0) is 166 Å². The lowest BCUT2D eigenvalue weighted by molar-refractivity contribution is 0.215. The van der Waals surface area contributed by atoms with Gasteiger partial charge in [0, 0.05) is 17.3 Å². The summed E-state index contributed by atoms with van der Waals surface area (Å²) in [6.45, 7) is 40.4. The van der Waals surface area contributed by atoms with Crippen molar-refractivity contribution in [3.05, 3.63) is 100 Å². The Morgan fingerprint density at radius 1 is 0.341 bits per heavy atom. The number of allylic oxidation sites excluding steroid dienone is 18. The van der Waals surface area contributed by atoms with Gasteiger partial charge in [0.2, 0.25) is 0 Å². The maximum Gasteiger partial charge on any atom is 0.0433 e. The van der Waals surface area contributed by atoms with Gasteiger partial charge in [-0.25, -0.2) is 0 Å². The van der Waals surface area contributed by atoms with Crippen LogP contribution in [-0.2, 0) is 0 Å². The summed E-state index contributed by atoms with van der Waals surface area (Å²) in [6, 6.07) is 0. The predicted molar refractivity (Wildman–Crippen MR) is 173 cm³/mol. The Kier molecular flexibility index (Phi) is 4.23. The van der Waals surface area contributed by atoms with Crippen molar-refractivity contribution in [2.75, 3.05) is 0 Å². The molecule has 0 N–H and O–H groups in total. The zero-order valence-electron chi connectivity index (χ0n) is 28.7. The van der Waals surface area contributed by atoms with E-state index in [2.05, 4.69) is 111 Å². The molecule has 0 aromatic carbocycles. The van der Waals surface area contributed by atoms with Gasteiger partial charge in [0.05, 0.1) is 0 Å². The monoisotopic (exact) mass is 542 g/mol. The normalized spacial score (nSPS) is 36.3. The van der Waals surface area contributed by atoms with Crippen LogP contribution in [0.25, 0.3) is 0 Å². The average Bonchev–Trinajstić information content (AvgIpc) is 3.40. The van der Waals surface area contributed by atoms with E-state index in [1.54, 1.807) is 89.2 Å². The molecule has 8 aliphatic carbocycles. The van der Waals surface area contributed by atoms with Crippen LogP contribution in [0.4, 0.5) is 0 Å². The third-order valence-electron chi connectivity index (χ3n) is 15.4. The summed E-state index contributed by atoms with van der Waals surface area (Å²) in [4.78, 5) is 0. The standard InChI is InChI=1S/C41H50/c1-17-19(3)27-22(6)29-35-31(39(13,14)37(29,9)10)24(8)32-36-30(38(11,12)40(32,15)16)23(7)28-20(4)18(2)26-21(5)25(17)33(27)41(35,36)34(26)28/h33,36H,1-16H3. The van der Waals surface area contributed by atoms with Crippen LogP contribution < -0.4 is 0 Å². The molecule has 214 valence electrons. The quantitative estimate of drug-likeness (QED) is 0.285. The molecule has 0 heteroatoms. The maximum absolute atomic E-state index is 2.59. The summed E-state index contributed by atoms with van der Waals surface area (Å²) < 4.78 is 0. The van der Waals surface area contributed by atoms with E-state index in [0.717, 1.165) is 0 Å². The van der Waals surface area contributed by atoms with Gasteiger partial charge in [0.1, 0.15) is 0 Å².